The molecule has 4 rings (SSSR count). The van der Waals surface area contributed by atoms with Gasteiger partial charge >= 0.3 is 6.18 Å². The number of aromatic nitrogens is 1. The maximum absolute atomic E-state index is 13.3. The Bertz CT molecular complexity index is 1070. The molecule has 6 nitrogen and oxygen atoms in total. The second kappa shape index (κ2) is 10.8. The van der Waals surface area contributed by atoms with Crippen LogP contribution in [0.1, 0.15) is 65.5 Å². The minimum absolute atomic E-state index is 0.123. The number of allylic oxidation sites excluding steroid dienone is 1. The molecular weight excluding hydrogens is 477 g/mol. The first-order chi connectivity index (χ1) is 16.8. The molecule has 188 valence electrons. The number of anilines is 2. The van der Waals surface area contributed by atoms with Gasteiger partial charge in [-0.2, -0.15) is 13.2 Å². The molecule has 2 saturated heterocycles. The summed E-state index contributed by atoms with van der Waals surface area (Å²) < 4.78 is 40.0. The third-order valence-corrected chi connectivity index (χ3v) is 7.54. The lowest BCUT2D eigenvalue weighted by Gasteiger charge is -2.31. The predicted molar refractivity (Wildman–Crippen MR) is 131 cm³/mol. The minimum Gasteiger partial charge on any atom is -0.370 e. The van der Waals surface area contributed by atoms with Crippen LogP contribution in [0.3, 0.4) is 0 Å². The van der Waals surface area contributed by atoms with E-state index in [0.717, 1.165) is 55.9 Å². The van der Waals surface area contributed by atoms with E-state index in [2.05, 4.69) is 16.9 Å². The standard InChI is InChI=1S/C25H29F3N4O2S/c1-2-3-6-22(33)32-13-9-17(10-14-32)24-30-20(16-35-24)23(34)29-19-15-18(25(26,27)28)7-8-21(19)31-11-4-5-12-31/h2,7-8,15-17H,1,3-6,9-14H2,(H,29,34). The van der Waals surface area contributed by atoms with E-state index in [1.54, 1.807) is 11.5 Å². The monoisotopic (exact) mass is 506 g/mol. The van der Waals surface area contributed by atoms with E-state index in [9.17, 15) is 22.8 Å². The number of likely N-dealkylation sites (tertiary alicyclic amines) is 1. The van der Waals surface area contributed by atoms with Crippen molar-refractivity contribution >= 4 is 34.5 Å². The Morgan fingerprint density at radius 2 is 1.89 bits per heavy atom. The predicted octanol–water partition coefficient (Wildman–Crippen LogP) is 5.69. The zero-order chi connectivity index (χ0) is 25.0. The zero-order valence-corrected chi connectivity index (χ0v) is 20.3. The number of carbonyl (C=O) groups excluding carboxylic acids is 2. The normalized spacial score (nSPS) is 17.0. The Morgan fingerprint density at radius 3 is 2.54 bits per heavy atom. The molecule has 1 N–H and O–H groups in total. The summed E-state index contributed by atoms with van der Waals surface area (Å²) in [5.74, 6) is -0.250. The van der Waals surface area contributed by atoms with Crippen LogP contribution in [0, 0.1) is 0 Å². The van der Waals surface area contributed by atoms with Crippen molar-refractivity contribution < 1.29 is 22.8 Å². The quantitative estimate of drug-likeness (QED) is 0.490. The van der Waals surface area contributed by atoms with Crippen molar-refractivity contribution in [2.24, 2.45) is 0 Å². The fraction of sp³-hybridized carbons (Fsp3) is 0.480. The summed E-state index contributed by atoms with van der Waals surface area (Å²) in [5, 5.41) is 5.14. The molecule has 0 radical (unpaired) electrons. The van der Waals surface area contributed by atoms with Crippen LogP contribution in [-0.4, -0.2) is 47.9 Å². The van der Waals surface area contributed by atoms with Crippen molar-refractivity contribution in [3.8, 4) is 0 Å². The van der Waals surface area contributed by atoms with Crippen molar-refractivity contribution in [1.82, 2.24) is 9.88 Å². The van der Waals surface area contributed by atoms with Gasteiger partial charge in [0.15, 0.2) is 0 Å². The number of rotatable bonds is 7. The Morgan fingerprint density at radius 1 is 1.17 bits per heavy atom. The topological polar surface area (TPSA) is 65.5 Å². The van der Waals surface area contributed by atoms with Gasteiger partial charge in [0.25, 0.3) is 5.91 Å². The maximum atomic E-state index is 13.3. The van der Waals surface area contributed by atoms with Crippen LogP contribution in [0.15, 0.2) is 36.2 Å². The van der Waals surface area contributed by atoms with E-state index in [4.69, 9.17) is 0 Å². The second-order valence-corrected chi connectivity index (χ2v) is 9.82. The molecule has 0 aliphatic carbocycles. The molecule has 0 saturated carbocycles. The molecule has 2 aromatic rings. The Balaban J connectivity index is 1.44. The molecule has 0 atom stereocenters. The van der Waals surface area contributed by atoms with E-state index in [1.807, 2.05) is 9.80 Å². The molecule has 2 fully saturated rings. The molecule has 0 spiro atoms. The highest BCUT2D eigenvalue weighted by Crippen LogP contribution is 2.37. The Kier molecular flexibility index (Phi) is 7.78. The van der Waals surface area contributed by atoms with E-state index in [0.29, 0.717) is 31.6 Å². The van der Waals surface area contributed by atoms with Gasteiger partial charge < -0.3 is 15.1 Å². The summed E-state index contributed by atoms with van der Waals surface area (Å²) >= 11 is 1.38. The molecular formula is C25H29F3N4O2S. The lowest BCUT2D eigenvalue weighted by molar-refractivity contribution is -0.137. The molecule has 35 heavy (non-hydrogen) atoms. The van der Waals surface area contributed by atoms with Crippen LogP contribution in [0.2, 0.25) is 0 Å². The van der Waals surface area contributed by atoms with Gasteiger partial charge in [0, 0.05) is 43.9 Å². The summed E-state index contributed by atoms with van der Waals surface area (Å²) in [6, 6.07) is 3.48. The van der Waals surface area contributed by atoms with Gasteiger partial charge in [0.2, 0.25) is 5.91 Å². The number of carbonyl (C=O) groups is 2. The summed E-state index contributed by atoms with van der Waals surface area (Å²) in [6.07, 6.45) is 1.81. The van der Waals surface area contributed by atoms with Crippen molar-refractivity contribution in [2.75, 3.05) is 36.4 Å². The number of amides is 2. The van der Waals surface area contributed by atoms with Gasteiger partial charge in [0.1, 0.15) is 5.69 Å². The average Bonchev–Trinajstić information content (AvgIpc) is 3.55. The minimum atomic E-state index is -4.50. The van der Waals surface area contributed by atoms with Crippen LogP contribution in [0.5, 0.6) is 0 Å². The van der Waals surface area contributed by atoms with Crippen molar-refractivity contribution in [2.45, 2.75) is 50.6 Å². The van der Waals surface area contributed by atoms with Gasteiger partial charge in [-0.05, 0) is 50.3 Å². The number of alkyl halides is 3. The third kappa shape index (κ3) is 6.04. The summed E-state index contributed by atoms with van der Waals surface area (Å²) in [7, 11) is 0. The SMILES string of the molecule is C=CCCC(=O)N1CCC(c2nc(C(=O)Nc3cc(C(F)(F)F)ccc3N3CCCC3)cs2)CC1. The van der Waals surface area contributed by atoms with Crippen LogP contribution >= 0.6 is 11.3 Å². The van der Waals surface area contributed by atoms with Crippen LogP contribution in [-0.2, 0) is 11.0 Å². The van der Waals surface area contributed by atoms with Gasteiger partial charge in [0.05, 0.1) is 21.9 Å². The van der Waals surface area contributed by atoms with E-state index in [1.165, 1.54) is 17.4 Å². The van der Waals surface area contributed by atoms with Gasteiger partial charge in [-0.1, -0.05) is 6.08 Å². The number of piperidine rings is 1. The van der Waals surface area contributed by atoms with Gasteiger partial charge in [-0.3, -0.25) is 9.59 Å². The lowest BCUT2D eigenvalue weighted by Crippen LogP contribution is -2.37. The van der Waals surface area contributed by atoms with Crippen molar-refractivity contribution in [3.05, 3.63) is 52.5 Å². The fourth-order valence-electron chi connectivity index (χ4n) is 4.57. The first kappa shape index (κ1) is 25.2. The molecule has 0 bridgehead atoms. The third-order valence-electron chi connectivity index (χ3n) is 6.53. The van der Waals surface area contributed by atoms with E-state index >= 15 is 0 Å². The van der Waals surface area contributed by atoms with Gasteiger partial charge in [-0.25, -0.2) is 4.98 Å². The number of thiazole rings is 1. The molecule has 0 unspecified atom stereocenters. The van der Waals surface area contributed by atoms with Crippen LogP contribution in [0.4, 0.5) is 24.5 Å². The summed E-state index contributed by atoms with van der Waals surface area (Å²) in [4.78, 5) is 33.5. The molecule has 1 aromatic heterocycles. The Labute approximate surface area is 206 Å². The number of benzene rings is 1. The largest absolute Gasteiger partial charge is 0.416 e. The molecule has 3 heterocycles. The second-order valence-electron chi connectivity index (χ2n) is 8.93. The highest BCUT2D eigenvalue weighted by Gasteiger charge is 2.32. The number of nitrogens with one attached hydrogen (secondary N) is 1. The maximum Gasteiger partial charge on any atom is 0.416 e. The number of hydrogen-bond acceptors (Lipinski definition) is 5. The number of hydrogen-bond donors (Lipinski definition) is 1. The zero-order valence-electron chi connectivity index (χ0n) is 19.4. The number of nitrogens with zero attached hydrogens (tertiary/aromatic N) is 3. The molecule has 2 aliphatic rings. The molecule has 1 aromatic carbocycles. The molecule has 2 aliphatic heterocycles. The highest BCUT2D eigenvalue weighted by molar-refractivity contribution is 7.10. The van der Waals surface area contributed by atoms with Gasteiger partial charge in [-0.15, -0.1) is 17.9 Å². The molecule has 10 heteroatoms. The first-order valence-corrected chi connectivity index (χ1v) is 12.8. The highest BCUT2D eigenvalue weighted by atomic mass is 32.1. The lowest BCUT2D eigenvalue weighted by atomic mass is 9.97. The van der Waals surface area contributed by atoms with E-state index in [-0.39, 0.29) is 23.2 Å². The Hall–Kier alpha value is -2.88. The van der Waals surface area contributed by atoms with Crippen LogP contribution < -0.4 is 10.2 Å². The summed E-state index contributed by atoms with van der Waals surface area (Å²) in [6.45, 7) is 6.42. The van der Waals surface area contributed by atoms with Crippen molar-refractivity contribution in [3.63, 3.8) is 0 Å². The van der Waals surface area contributed by atoms with Crippen molar-refractivity contribution in [1.29, 1.82) is 0 Å². The fourth-order valence-corrected chi connectivity index (χ4v) is 5.54. The smallest absolute Gasteiger partial charge is 0.370 e. The average molecular weight is 507 g/mol. The number of halogens is 3. The van der Waals surface area contributed by atoms with Crippen LogP contribution in [0.25, 0.3) is 0 Å². The first-order valence-electron chi connectivity index (χ1n) is 11.9. The summed E-state index contributed by atoms with van der Waals surface area (Å²) in [5.41, 5.74) is 0.129. The molecule has 2 amide bonds. The van der Waals surface area contributed by atoms with E-state index < -0.39 is 17.6 Å².